The topological polar surface area (TPSA) is 159 Å². The molecule has 10 nitrogen and oxygen atoms in total. The minimum Gasteiger partial charge on any atom is -0.352 e. The Labute approximate surface area is 171 Å². The molecule has 0 bridgehead atoms. The lowest BCUT2D eigenvalue weighted by atomic mass is 9.98. The van der Waals surface area contributed by atoms with Gasteiger partial charge in [0.05, 0.1) is 4.90 Å². The van der Waals surface area contributed by atoms with Crippen molar-refractivity contribution in [2.75, 3.05) is 11.9 Å². The smallest absolute Gasteiger partial charge is 0.328 e. The number of urea groups is 2. The molecule has 2 atom stereocenters. The van der Waals surface area contributed by atoms with Crippen molar-refractivity contribution in [1.29, 1.82) is 0 Å². The highest BCUT2D eigenvalue weighted by molar-refractivity contribution is 7.90. The van der Waals surface area contributed by atoms with E-state index >= 15 is 0 Å². The maximum atomic E-state index is 12.4. The molecule has 0 aromatic heterocycles. The minimum atomic E-state index is -4.04. The van der Waals surface area contributed by atoms with E-state index in [4.69, 9.17) is 5.73 Å². The summed E-state index contributed by atoms with van der Waals surface area (Å²) in [5, 5.41) is 7.48. The van der Waals surface area contributed by atoms with Crippen LogP contribution in [0.2, 0.25) is 0 Å². The third kappa shape index (κ3) is 7.98. The van der Waals surface area contributed by atoms with E-state index in [0.29, 0.717) is 18.7 Å². The fourth-order valence-electron chi connectivity index (χ4n) is 2.39. The molecule has 1 rings (SSSR count). The average molecular weight is 428 g/mol. The van der Waals surface area contributed by atoms with Crippen LogP contribution < -0.4 is 26.4 Å². The normalized spacial score (nSPS) is 13.1. The Kier molecular flexibility index (Phi) is 9.39. The number of sulfonamides is 1. The van der Waals surface area contributed by atoms with Crippen molar-refractivity contribution in [3.05, 3.63) is 24.3 Å². The molecule has 162 valence electrons. The van der Waals surface area contributed by atoms with E-state index in [-0.39, 0.29) is 10.8 Å². The number of primary amides is 1. The van der Waals surface area contributed by atoms with Crippen LogP contribution >= 0.6 is 0 Å². The fourth-order valence-corrected chi connectivity index (χ4v) is 3.32. The van der Waals surface area contributed by atoms with Crippen molar-refractivity contribution in [3.63, 3.8) is 0 Å². The summed E-state index contributed by atoms with van der Waals surface area (Å²) in [5.41, 5.74) is 5.46. The van der Waals surface area contributed by atoms with Gasteiger partial charge in [0.1, 0.15) is 6.04 Å². The summed E-state index contributed by atoms with van der Waals surface area (Å²) in [6.45, 7) is 6.00. The SMILES string of the molecule is CCCCNC(=O)NS(=O)(=O)c1ccc(NC(=O)[C@@H](NC(N)=O)[C@@H](C)CC)cc1. The zero-order valence-electron chi connectivity index (χ0n) is 16.8. The molecular formula is C18H29N5O5S. The molecule has 0 spiro atoms. The van der Waals surface area contributed by atoms with Crippen molar-refractivity contribution < 1.29 is 22.8 Å². The Hall–Kier alpha value is -2.82. The van der Waals surface area contributed by atoms with Gasteiger partial charge in [-0.3, -0.25) is 4.79 Å². The predicted molar refractivity (Wildman–Crippen MR) is 110 cm³/mol. The molecule has 1 aromatic rings. The maximum Gasteiger partial charge on any atom is 0.328 e. The van der Waals surface area contributed by atoms with Gasteiger partial charge in [-0.25, -0.2) is 22.7 Å². The van der Waals surface area contributed by atoms with Crippen LogP contribution in [-0.4, -0.2) is 39.0 Å². The van der Waals surface area contributed by atoms with Gasteiger partial charge in [0, 0.05) is 12.2 Å². The lowest BCUT2D eigenvalue weighted by Gasteiger charge is -2.22. The second-order valence-electron chi connectivity index (χ2n) is 6.60. The number of nitrogens with one attached hydrogen (secondary N) is 4. The minimum absolute atomic E-state index is 0.130. The predicted octanol–water partition coefficient (Wildman–Crippen LogP) is 1.50. The number of hydrogen-bond acceptors (Lipinski definition) is 5. The van der Waals surface area contributed by atoms with Crippen LogP contribution in [-0.2, 0) is 14.8 Å². The van der Waals surface area contributed by atoms with Gasteiger partial charge in [-0.15, -0.1) is 0 Å². The molecule has 5 amide bonds. The molecule has 0 unspecified atom stereocenters. The zero-order chi connectivity index (χ0) is 22.0. The molecule has 1 aromatic carbocycles. The highest BCUT2D eigenvalue weighted by Crippen LogP contribution is 2.16. The van der Waals surface area contributed by atoms with E-state index in [1.807, 2.05) is 18.6 Å². The van der Waals surface area contributed by atoms with E-state index in [1.165, 1.54) is 24.3 Å². The second-order valence-corrected chi connectivity index (χ2v) is 8.28. The van der Waals surface area contributed by atoms with E-state index in [0.717, 1.165) is 12.8 Å². The highest BCUT2D eigenvalue weighted by Gasteiger charge is 2.25. The first-order chi connectivity index (χ1) is 13.6. The summed E-state index contributed by atoms with van der Waals surface area (Å²) in [6, 6.07) is 2.86. The van der Waals surface area contributed by atoms with E-state index in [9.17, 15) is 22.8 Å². The van der Waals surface area contributed by atoms with Gasteiger partial charge in [0.2, 0.25) is 5.91 Å². The van der Waals surface area contributed by atoms with Crippen LogP contribution in [0.3, 0.4) is 0 Å². The average Bonchev–Trinajstić information content (AvgIpc) is 2.65. The van der Waals surface area contributed by atoms with Gasteiger partial charge < -0.3 is 21.7 Å². The number of benzene rings is 1. The molecule has 0 aliphatic carbocycles. The van der Waals surface area contributed by atoms with Gasteiger partial charge in [0.15, 0.2) is 0 Å². The Morgan fingerprint density at radius 1 is 1.10 bits per heavy atom. The molecule has 0 aliphatic heterocycles. The third-order valence-electron chi connectivity index (χ3n) is 4.27. The van der Waals surface area contributed by atoms with Crippen LogP contribution in [0.5, 0.6) is 0 Å². The van der Waals surface area contributed by atoms with Gasteiger partial charge in [-0.05, 0) is 36.6 Å². The third-order valence-corrected chi connectivity index (χ3v) is 5.62. The molecular weight excluding hydrogens is 398 g/mol. The molecule has 0 fully saturated rings. The number of hydrogen-bond donors (Lipinski definition) is 5. The summed E-state index contributed by atoms with van der Waals surface area (Å²) in [6.07, 6.45) is 2.25. The first-order valence-corrected chi connectivity index (χ1v) is 10.9. The molecule has 29 heavy (non-hydrogen) atoms. The van der Waals surface area contributed by atoms with Crippen LogP contribution in [0.15, 0.2) is 29.2 Å². The number of nitrogens with two attached hydrogens (primary N) is 1. The largest absolute Gasteiger partial charge is 0.352 e. The maximum absolute atomic E-state index is 12.4. The summed E-state index contributed by atoms with van der Waals surface area (Å²) in [7, 11) is -4.04. The molecule has 0 heterocycles. The van der Waals surface area contributed by atoms with E-state index < -0.39 is 34.0 Å². The van der Waals surface area contributed by atoms with Gasteiger partial charge in [-0.2, -0.15) is 0 Å². The Balaban J connectivity index is 2.80. The van der Waals surface area contributed by atoms with E-state index in [1.54, 1.807) is 6.92 Å². The lowest BCUT2D eigenvalue weighted by Crippen LogP contribution is -2.49. The standard InChI is InChI=1S/C18H29N5O5S/c1-4-6-11-20-18(26)23-29(27,28)14-9-7-13(8-10-14)21-16(24)15(12(3)5-2)22-17(19)25/h7-10,12,15H,4-6,11H2,1-3H3,(H,21,24)(H3,19,22,25)(H2,20,23,26)/t12-,15-/m0/s1. The van der Waals surface area contributed by atoms with Gasteiger partial charge in [0.25, 0.3) is 10.0 Å². The number of amides is 5. The number of carbonyl (C=O) groups excluding carboxylic acids is 3. The molecule has 0 saturated carbocycles. The summed E-state index contributed by atoms with van der Waals surface area (Å²) in [5.74, 6) is -0.625. The second kappa shape index (κ2) is 11.2. The van der Waals surface area contributed by atoms with Crippen LogP contribution in [0.1, 0.15) is 40.0 Å². The van der Waals surface area contributed by atoms with Crippen molar-refractivity contribution in [2.45, 2.75) is 51.0 Å². The Bertz CT molecular complexity index is 810. The fraction of sp³-hybridized carbons (Fsp3) is 0.500. The van der Waals surface area contributed by atoms with Gasteiger partial charge >= 0.3 is 12.1 Å². The summed E-state index contributed by atoms with van der Waals surface area (Å²) >= 11 is 0. The number of anilines is 1. The highest BCUT2D eigenvalue weighted by atomic mass is 32.2. The zero-order valence-corrected chi connectivity index (χ0v) is 17.6. The first-order valence-electron chi connectivity index (χ1n) is 9.38. The number of rotatable bonds is 10. The Morgan fingerprint density at radius 3 is 2.24 bits per heavy atom. The number of carbonyl (C=O) groups is 3. The van der Waals surface area contributed by atoms with Crippen LogP contribution in [0.4, 0.5) is 15.3 Å². The van der Waals surface area contributed by atoms with Crippen LogP contribution in [0.25, 0.3) is 0 Å². The molecule has 6 N–H and O–H groups in total. The molecule has 0 radical (unpaired) electrons. The van der Waals surface area contributed by atoms with Crippen molar-refractivity contribution in [1.82, 2.24) is 15.4 Å². The van der Waals surface area contributed by atoms with E-state index in [2.05, 4.69) is 16.0 Å². The first kappa shape index (κ1) is 24.2. The van der Waals surface area contributed by atoms with Crippen molar-refractivity contribution >= 4 is 33.7 Å². The molecule has 0 aliphatic rings. The monoisotopic (exact) mass is 427 g/mol. The van der Waals surface area contributed by atoms with Gasteiger partial charge in [-0.1, -0.05) is 33.6 Å². The van der Waals surface area contributed by atoms with Crippen molar-refractivity contribution in [3.8, 4) is 0 Å². The van der Waals surface area contributed by atoms with Crippen LogP contribution in [0, 0.1) is 5.92 Å². The number of unbranched alkanes of at least 4 members (excludes halogenated alkanes) is 1. The quantitative estimate of drug-likeness (QED) is 0.357. The molecule has 0 saturated heterocycles. The van der Waals surface area contributed by atoms with Crippen molar-refractivity contribution in [2.24, 2.45) is 11.7 Å². The lowest BCUT2D eigenvalue weighted by molar-refractivity contribution is -0.119. The summed E-state index contributed by atoms with van der Waals surface area (Å²) in [4.78, 5) is 35.1. The Morgan fingerprint density at radius 2 is 1.72 bits per heavy atom. The molecule has 11 heteroatoms. The summed E-state index contributed by atoms with van der Waals surface area (Å²) < 4.78 is 26.4.